The van der Waals surface area contributed by atoms with Crippen molar-refractivity contribution >= 4 is 29.5 Å². The lowest BCUT2D eigenvalue weighted by Crippen LogP contribution is -2.31. The van der Waals surface area contributed by atoms with Crippen LogP contribution in [0.3, 0.4) is 0 Å². The van der Waals surface area contributed by atoms with E-state index in [2.05, 4.69) is 20.7 Å². The van der Waals surface area contributed by atoms with Gasteiger partial charge in [0.25, 0.3) is 11.8 Å². The van der Waals surface area contributed by atoms with Gasteiger partial charge in [0.2, 0.25) is 0 Å². The zero-order valence-electron chi connectivity index (χ0n) is 17.7. The number of benzene rings is 1. The maximum Gasteiger partial charge on any atom is 0.269 e. The van der Waals surface area contributed by atoms with Crippen molar-refractivity contribution in [1.29, 1.82) is 0 Å². The average Bonchev–Trinajstić information content (AvgIpc) is 3.22. The van der Waals surface area contributed by atoms with Crippen molar-refractivity contribution in [2.24, 2.45) is 0 Å². The van der Waals surface area contributed by atoms with E-state index in [0.717, 1.165) is 11.1 Å². The topological polar surface area (TPSA) is 88.9 Å². The summed E-state index contributed by atoms with van der Waals surface area (Å²) in [5, 5.41) is 9.88. The predicted octanol–water partition coefficient (Wildman–Crippen LogP) is 3.70. The molecule has 3 rings (SSSR count). The van der Waals surface area contributed by atoms with Crippen molar-refractivity contribution in [1.82, 2.24) is 25.4 Å². The molecule has 0 aliphatic carbocycles. The molecular weight excluding hydrogens is 433 g/mol. The SMILES string of the molecule is CCNC(=O)c1cc(C(=O)N[C@@H](C)C=Cc2cnn(Cc3ccc(F)c(Cl)c3)c2)ccn1. The number of carbonyl (C=O) groups is 2. The van der Waals surface area contributed by atoms with Crippen LogP contribution in [0.1, 0.15) is 45.8 Å². The fraction of sp³-hybridized carbons (Fsp3) is 0.217. The lowest BCUT2D eigenvalue weighted by molar-refractivity contribution is 0.0947. The number of amides is 2. The fourth-order valence-corrected chi connectivity index (χ4v) is 3.12. The van der Waals surface area contributed by atoms with Gasteiger partial charge in [0, 0.05) is 36.1 Å². The highest BCUT2D eigenvalue weighted by atomic mass is 35.5. The van der Waals surface area contributed by atoms with E-state index in [0.29, 0.717) is 18.7 Å². The minimum atomic E-state index is -0.456. The summed E-state index contributed by atoms with van der Waals surface area (Å²) in [7, 11) is 0. The number of hydrogen-bond acceptors (Lipinski definition) is 4. The van der Waals surface area contributed by atoms with Gasteiger partial charge >= 0.3 is 0 Å². The van der Waals surface area contributed by atoms with Crippen molar-refractivity contribution in [3.63, 3.8) is 0 Å². The molecular formula is C23H23ClFN5O2. The molecule has 9 heteroatoms. The Morgan fingerprint density at radius 2 is 2.06 bits per heavy atom. The molecule has 0 bridgehead atoms. The van der Waals surface area contributed by atoms with Gasteiger partial charge in [-0.25, -0.2) is 4.39 Å². The summed E-state index contributed by atoms with van der Waals surface area (Å²) >= 11 is 5.82. The summed E-state index contributed by atoms with van der Waals surface area (Å²) in [5.41, 5.74) is 2.23. The van der Waals surface area contributed by atoms with Gasteiger partial charge in [-0.1, -0.05) is 29.8 Å². The minimum Gasteiger partial charge on any atom is -0.351 e. The van der Waals surface area contributed by atoms with Crippen LogP contribution >= 0.6 is 11.6 Å². The largest absolute Gasteiger partial charge is 0.351 e. The second-order valence-electron chi connectivity index (χ2n) is 7.13. The van der Waals surface area contributed by atoms with E-state index < -0.39 is 5.82 Å². The lowest BCUT2D eigenvalue weighted by atomic mass is 10.2. The molecule has 0 fully saturated rings. The van der Waals surface area contributed by atoms with Crippen molar-refractivity contribution in [3.8, 4) is 0 Å². The van der Waals surface area contributed by atoms with Crippen LogP contribution in [0.15, 0.2) is 55.0 Å². The first-order valence-corrected chi connectivity index (χ1v) is 10.4. The van der Waals surface area contributed by atoms with Gasteiger partial charge in [-0.3, -0.25) is 19.3 Å². The maximum absolute atomic E-state index is 13.3. The van der Waals surface area contributed by atoms with E-state index in [1.54, 1.807) is 29.1 Å². The quantitative estimate of drug-likeness (QED) is 0.542. The molecule has 166 valence electrons. The second kappa shape index (κ2) is 10.7. The van der Waals surface area contributed by atoms with Crippen molar-refractivity contribution in [3.05, 3.63) is 88.2 Å². The minimum absolute atomic E-state index is 0.0756. The third-order valence-corrected chi connectivity index (χ3v) is 4.80. The average molecular weight is 456 g/mol. The van der Waals surface area contributed by atoms with Gasteiger partial charge < -0.3 is 10.6 Å². The van der Waals surface area contributed by atoms with Gasteiger partial charge in [-0.15, -0.1) is 0 Å². The molecule has 0 unspecified atom stereocenters. The molecule has 7 nitrogen and oxygen atoms in total. The molecule has 1 atom stereocenters. The van der Waals surface area contributed by atoms with Gasteiger partial charge in [-0.05, 0) is 43.7 Å². The Balaban J connectivity index is 1.58. The van der Waals surface area contributed by atoms with E-state index in [1.807, 2.05) is 32.2 Å². The monoisotopic (exact) mass is 455 g/mol. The Hall–Kier alpha value is -3.52. The Labute approximate surface area is 190 Å². The molecule has 2 aromatic heterocycles. The summed E-state index contributed by atoms with van der Waals surface area (Å²) in [5.74, 6) is -1.09. The smallest absolute Gasteiger partial charge is 0.269 e. The Morgan fingerprint density at radius 3 is 2.81 bits per heavy atom. The zero-order valence-corrected chi connectivity index (χ0v) is 18.4. The Kier molecular flexibility index (Phi) is 7.72. The van der Waals surface area contributed by atoms with E-state index in [4.69, 9.17) is 11.6 Å². The molecule has 0 saturated heterocycles. The third-order valence-electron chi connectivity index (χ3n) is 4.51. The predicted molar refractivity (Wildman–Crippen MR) is 121 cm³/mol. The first-order chi connectivity index (χ1) is 15.4. The molecule has 0 radical (unpaired) electrons. The number of halogens is 2. The highest BCUT2D eigenvalue weighted by molar-refractivity contribution is 6.30. The number of carbonyl (C=O) groups excluding carboxylic acids is 2. The maximum atomic E-state index is 13.3. The molecule has 2 N–H and O–H groups in total. The van der Waals surface area contributed by atoms with Gasteiger partial charge in [0.1, 0.15) is 11.5 Å². The molecule has 0 saturated carbocycles. The van der Waals surface area contributed by atoms with E-state index in [9.17, 15) is 14.0 Å². The van der Waals surface area contributed by atoms with E-state index >= 15 is 0 Å². The van der Waals surface area contributed by atoms with Crippen LogP contribution in [-0.2, 0) is 6.54 Å². The zero-order chi connectivity index (χ0) is 23.1. The van der Waals surface area contributed by atoms with Crippen LogP contribution in [0.5, 0.6) is 0 Å². The number of pyridine rings is 1. The number of hydrogen-bond donors (Lipinski definition) is 2. The number of rotatable bonds is 8. The van der Waals surface area contributed by atoms with Crippen LogP contribution in [0.25, 0.3) is 6.08 Å². The summed E-state index contributed by atoms with van der Waals surface area (Å²) in [6, 6.07) is 7.31. The molecule has 2 heterocycles. The summed E-state index contributed by atoms with van der Waals surface area (Å²) in [6.45, 7) is 4.58. The summed E-state index contributed by atoms with van der Waals surface area (Å²) < 4.78 is 15.0. The van der Waals surface area contributed by atoms with Gasteiger partial charge in [0.15, 0.2) is 0 Å². The highest BCUT2D eigenvalue weighted by Crippen LogP contribution is 2.17. The number of nitrogens with one attached hydrogen (secondary N) is 2. The lowest BCUT2D eigenvalue weighted by Gasteiger charge is -2.10. The molecule has 3 aromatic rings. The van der Waals surface area contributed by atoms with Crippen LogP contribution in [0.2, 0.25) is 5.02 Å². The number of nitrogens with zero attached hydrogens (tertiary/aromatic N) is 3. The summed E-state index contributed by atoms with van der Waals surface area (Å²) in [4.78, 5) is 28.4. The Morgan fingerprint density at radius 1 is 1.25 bits per heavy atom. The molecule has 0 aliphatic heterocycles. The van der Waals surface area contributed by atoms with Crippen molar-refractivity contribution in [2.45, 2.75) is 26.4 Å². The Bertz CT molecular complexity index is 1140. The molecule has 32 heavy (non-hydrogen) atoms. The normalized spacial score (nSPS) is 12.0. The second-order valence-corrected chi connectivity index (χ2v) is 7.54. The van der Waals surface area contributed by atoms with E-state index in [1.165, 1.54) is 18.3 Å². The van der Waals surface area contributed by atoms with Crippen LogP contribution < -0.4 is 10.6 Å². The molecule has 2 amide bonds. The summed E-state index contributed by atoms with van der Waals surface area (Å²) in [6.07, 6.45) is 8.64. The van der Waals surface area contributed by atoms with Crippen LogP contribution in [0.4, 0.5) is 4.39 Å². The van der Waals surface area contributed by atoms with Crippen molar-refractivity contribution in [2.75, 3.05) is 6.54 Å². The van der Waals surface area contributed by atoms with Crippen LogP contribution in [-0.4, -0.2) is 39.2 Å². The van der Waals surface area contributed by atoms with Crippen molar-refractivity contribution < 1.29 is 14.0 Å². The molecule has 1 aromatic carbocycles. The molecule has 0 spiro atoms. The van der Waals surface area contributed by atoms with Gasteiger partial charge in [-0.2, -0.15) is 5.10 Å². The van der Waals surface area contributed by atoms with Gasteiger partial charge in [0.05, 0.1) is 17.8 Å². The standard InChI is InChI=1S/C23H23ClFN5O2/c1-3-26-23(32)21-11-18(8-9-27-21)22(31)29-15(2)4-5-17-12-28-30(14-17)13-16-6-7-20(25)19(24)10-16/h4-12,14-15H,3,13H2,1-2H3,(H,26,32)(H,29,31)/t15-/m0/s1. The first kappa shape index (κ1) is 23.1. The fourth-order valence-electron chi connectivity index (χ4n) is 2.92. The first-order valence-electron chi connectivity index (χ1n) is 10.1. The highest BCUT2D eigenvalue weighted by Gasteiger charge is 2.12. The molecule has 0 aliphatic rings. The van der Waals surface area contributed by atoms with E-state index in [-0.39, 0.29) is 28.6 Å². The van der Waals surface area contributed by atoms with Crippen LogP contribution in [0, 0.1) is 5.82 Å². The number of aromatic nitrogens is 3. The third kappa shape index (κ3) is 6.24.